The molecule has 0 saturated carbocycles. The minimum atomic E-state index is -0.474. The monoisotopic (exact) mass is 365 g/mol. The van der Waals surface area contributed by atoms with Crippen LogP contribution in [-0.4, -0.2) is 31.5 Å². The van der Waals surface area contributed by atoms with Crippen molar-refractivity contribution >= 4 is 23.2 Å². The summed E-state index contributed by atoms with van der Waals surface area (Å²) in [4.78, 5) is 28.0. The van der Waals surface area contributed by atoms with Gasteiger partial charge in [-0.05, 0) is 36.8 Å². The van der Waals surface area contributed by atoms with Gasteiger partial charge in [-0.1, -0.05) is 18.2 Å². The van der Waals surface area contributed by atoms with Gasteiger partial charge in [-0.2, -0.15) is 0 Å². The van der Waals surface area contributed by atoms with Crippen LogP contribution in [0.15, 0.2) is 42.5 Å². The molecule has 2 aromatic carbocycles. The standard InChI is InChI=1S/C21H19NO5/c1-13-15-6-4-5-7-16(15)22-17(20(13)21(24)26-3)12-27-19-10-14(11-23)8-9-18(19)25-2/h4-11H,12H2,1-3H3. The average Bonchev–Trinajstić information content (AvgIpc) is 2.71. The number of fused-ring (bicyclic) bond motifs is 1. The molecule has 0 amide bonds. The van der Waals surface area contributed by atoms with E-state index in [1.165, 1.54) is 14.2 Å². The molecule has 0 aliphatic carbocycles. The third-order valence-corrected chi connectivity index (χ3v) is 4.30. The summed E-state index contributed by atoms with van der Waals surface area (Å²) >= 11 is 0. The van der Waals surface area contributed by atoms with Crippen molar-refractivity contribution in [3.05, 3.63) is 64.8 Å². The summed E-state index contributed by atoms with van der Waals surface area (Å²) in [5, 5.41) is 0.877. The largest absolute Gasteiger partial charge is 0.493 e. The summed E-state index contributed by atoms with van der Waals surface area (Å²) in [6, 6.07) is 12.4. The van der Waals surface area contributed by atoms with Crippen molar-refractivity contribution in [2.45, 2.75) is 13.5 Å². The first-order valence-corrected chi connectivity index (χ1v) is 8.31. The number of pyridine rings is 1. The number of aldehydes is 1. The van der Waals surface area contributed by atoms with Crippen LogP contribution in [0.1, 0.15) is 32.0 Å². The number of benzene rings is 2. The van der Waals surface area contributed by atoms with Gasteiger partial charge in [-0.3, -0.25) is 4.79 Å². The van der Waals surface area contributed by atoms with Crippen molar-refractivity contribution in [2.75, 3.05) is 14.2 Å². The Hall–Kier alpha value is -3.41. The van der Waals surface area contributed by atoms with E-state index in [-0.39, 0.29) is 6.61 Å². The number of esters is 1. The summed E-state index contributed by atoms with van der Waals surface area (Å²) < 4.78 is 16.0. The Morgan fingerprint density at radius 3 is 2.59 bits per heavy atom. The molecule has 0 aliphatic heterocycles. The summed E-state index contributed by atoms with van der Waals surface area (Å²) in [6.45, 7) is 1.88. The van der Waals surface area contributed by atoms with E-state index in [0.717, 1.165) is 22.8 Å². The average molecular weight is 365 g/mol. The zero-order valence-corrected chi connectivity index (χ0v) is 15.3. The van der Waals surface area contributed by atoms with Crippen molar-refractivity contribution in [3.8, 4) is 11.5 Å². The van der Waals surface area contributed by atoms with Gasteiger partial charge in [0, 0.05) is 10.9 Å². The molecule has 0 N–H and O–H groups in total. The molecule has 0 spiro atoms. The van der Waals surface area contributed by atoms with E-state index in [0.29, 0.717) is 28.3 Å². The quantitative estimate of drug-likeness (QED) is 0.489. The molecule has 27 heavy (non-hydrogen) atoms. The van der Waals surface area contributed by atoms with Crippen LogP contribution in [-0.2, 0) is 11.3 Å². The Bertz CT molecular complexity index is 1010. The van der Waals surface area contributed by atoms with Crippen LogP contribution in [0.5, 0.6) is 11.5 Å². The molecule has 6 nitrogen and oxygen atoms in total. The summed E-state index contributed by atoms with van der Waals surface area (Å²) in [7, 11) is 2.85. The minimum absolute atomic E-state index is 0.0226. The fourth-order valence-corrected chi connectivity index (χ4v) is 2.94. The van der Waals surface area contributed by atoms with Crippen LogP contribution in [0.25, 0.3) is 10.9 Å². The molecule has 0 atom stereocenters. The Morgan fingerprint density at radius 1 is 1.11 bits per heavy atom. The van der Waals surface area contributed by atoms with E-state index < -0.39 is 5.97 Å². The summed E-state index contributed by atoms with van der Waals surface area (Å²) in [6.07, 6.45) is 0.727. The molecule has 0 radical (unpaired) electrons. The van der Waals surface area contributed by atoms with Gasteiger partial charge >= 0.3 is 5.97 Å². The van der Waals surface area contributed by atoms with Gasteiger partial charge < -0.3 is 14.2 Å². The number of aryl methyl sites for hydroxylation is 1. The van der Waals surface area contributed by atoms with Gasteiger partial charge in [0.2, 0.25) is 0 Å². The molecule has 0 aliphatic rings. The molecular weight excluding hydrogens is 346 g/mol. The van der Waals surface area contributed by atoms with E-state index >= 15 is 0 Å². The highest BCUT2D eigenvalue weighted by atomic mass is 16.5. The number of para-hydroxylation sites is 1. The third kappa shape index (κ3) is 3.60. The van der Waals surface area contributed by atoms with Gasteiger partial charge in [-0.15, -0.1) is 0 Å². The molecule has 6 heteroatoms. The molecule has 138 valence electrons. The first kappa shape index (κ1) is 18.4. The van der Waals surface area contributed by atoms with Crippen LogP contribution >= 0.6 is 0 Å². The van der Waals surface area contributed by atoms with E-state index in [9.17, 15) is 9.59 Å². The van der Waals surface area contributed by atoms with Crippen LogP contribution in [0.4, 0.5) is 0 Å². The smallest absolute Gasteiger partial charge is 0.340 e. The van der Waals surface area contributed by atoms with Crippen molar-refractivity contribution in [1.29, 1.82) is 0 Å². The number of hydrogen-bond acceptors (Lipinski definition) is 6. The van der Waals surface area contributed by atoms with Gasteiger partial charge in [0.05, 0.1) is 31.0 Å². The molecule has 0 unspecified atom stereocenters. The maximum atomic E-state index is 12.3. The van der Waals surface area contributed by atoms with E-state index in [1.54, 1.807) is 18.2 Å². The minimum Gasteiger partial charge on any atom is -0.493 e. The zero-order valence-electron chi connectivity index (χ0n) is 15.3. The van der Waals surface area contributed by atoms with Gasteiger partial charge in [-0.25, -0.2) is 9.78 Å². The molecule has 0 fully saturated rings. The molecule has 3 aromatic rings. The van der Waals surface area contributed by atoms with Gasteiger partial charge in [0.15, 0.2) is 11.5 Å². The Kier molecular flexibility index (Phi) is 5.35. The van der Waals surface area contributed by atoms with Gasteiger partial charge in [0.25, 0.3) is 0 Å². The maximum Gasteiger partial charge on any atom is 0.340 e. The molecule has 1 heterocycles. The van der Waals surface area contributed by atoms with Gasteiger partial charge in [0.1, 0.15) is 12.9 Å². The lowest BCUT2D eigenvalue weighted by atomic mass is 10.0. The number of ether oxygens (including phenoxy) is 3. The Labute approximate surface area is 156 Å². The first-order valence-electron chi connectivity index (χ1n) is 8.31. The lowest BCUT2D eigenvalue weighted by molar-refractivity contribution is 0.0596. The number of hydrogen-bond donors (Lipinski definition) is 0. The highest BCUT2D eigenvalue weighted by molar-refractivity contribution is 5.98. The molecule has 3 rings (SSSR count). The number of methoxy groups -OCH3 is 2. The fourth-order valence-electron chi connectivity index (χ4n) is 2.94. The second-order valence-corrected chi connectivity index (χ2v) is 5.88. The van der Waals surface area contributed by atoms with Crippen LogP contribution in [0.3, 0.4) is 0 Å². The SMILES string of the molecule is COC(=O)c1c(COc2cc(C=O)ccc2OC)nc2ccccc2c1C. The Balaban J connectivity index is 2.04. The van der Waals surface area contributed by atoms with Crippen molar-refractivity contribution in [1.82, 2.24) is 4.98 Å². The molecule has 1 aromatic heterocycles. The molecule has 0 saturated heterocycles. The van der Waals surface area contributed by atoms with Crippen molar-refractivity contribution < 1.29 is 23.8 Å². The normalized spacial score (nSPS) is 10.5. The summed E-state index contributed by atoms with van der Waals surface area (Å²) in [5.41, 5.74) is 2.83. The lowest BCUT2D eigenvalue weighted by Gasteiger charge is -2.15. The van der Waals surface area contributed by atoms with E-state index in [4.69, 9.17) is 14.2 Å². The maximum absolute atomic E-state index is 12.3. The summed E-state index contributed by atoms with van der Waals surface area (Å²) in [5.74, 6) is 0.404. The number of rotatable bonds is 6. The molecule has 0 bridgehead atoms. The Morgan fingerprint density at radius 2 is 1.89 bits per heavy atom. The topological polar surface area (TPSA) is 74.7 Å². The van der Waals surface area contributed by atoms with Crippen LogP contribution in [0.2, 0.25) is 0 Å². The highest BCUT2D eigenvalue weighted by Gasteiger charge is 2.20. The van der Waals surface area contributed by atoms with Crippen LogP contribution < -0.4 is 9.47 Å². The van der Waals surface area contributed by atoms with Crippen LogP contribution in [0, 0.1) is 6.92 Å². The highest BCUT2D eigenvalue weighted by Crippen LogP contribution is 2.30. The number of carbonyl (C=O) groups excluding carboxylic acids is 2. The third-order valence-electron chi connectivity index (χ3n) is 4.30. The molecular formula is C21H19NO5. The number of carbonyl (C=O) groups is 2. The first-order chi connectivity index (χ1) is 13.1. The predicted molar refractivity (Wildman–Crippen MR) is 101 cm³/mol. The van der Waals surface area contributed by atoms with E-state index in [1.807, 2.05) is 31.2 Å². The zero-order chi connectivity index (χ0) is 19.4. The number of aromatic nitrogens is 1. The fraction of sp³-hybridized carbons (Fsp3) is 0.190. The van der Waals surface area contributed by atoms with Crippen molar-refractivity contribution in [2.24, 2.45) is 0 Å². The van der Waals surface area contributed by atoms with Crippen molar-refractivity contribution in [3.63, 3.8) is 0 Å². The second kappa shape index (κ2) is 7.86. The lowest BCUT2D eigenvalue weighted by Crippen LogP contribution is -2.13. The second-order valence-electron chi connectivity index (χ2n) is 5.88. The predicted octanol–water partition coefficient (Wildman–Crippen LogP) is 3.73. The van der Waals surface area contributed by atoms with E-state index in [2.05, 4.69) is 4.98 Å². The number of nitrogens with zero attached hydrogens (tertiary/aromatic N) is 1.